The van der Waals surface area contributed by atoms with Crippen molar-refractivity contribution in [2.24, 2.45) is 5.92 Å². The molecule has 0 radical (unpaired) electrons. The molecule has 1 amide bonds. The van der Waals surface area contributed by atoms with E-state index < -0.39 is 17.7 Å². The highest BCUT2D eigenvalue weighted by atomic mass is 16.3. The summed E-state index contributed by atoms with van der Waals surface area (Å²) in [6, 6.07) is 8.61. The number of carbonyl (C=O) groups excluding carboxylic acids is 2. The van der Waals surface area contributed by atoms with Crippen LogP contribution in [0.4, 0.5) is 5.69 Å². The normalized spacial score (nSPS) is 17.3. The molecule has 0 saturated carbocycles. The van der Waals surface area contributed by atoms with Crippen LogP contribution in [0.5, 0.6) is 0 Å². The maximum absolute atomic E-state index is 12.9. The summed E-state index contributed by atoms with van der Waals surface area (Å²) in [7, 11) is 0. The Hall–Kier alpha value is -2.95. The van der Waals surface area contributed by atoms with Gasteiger partial charge < -0.3 is 5.11 Å². The van der Waals surface area contributed by atoms with Gasteiger partial charge in [0.05, 0.1) is 11.6 Å². The van der Waals surface area contributed by atoms with Gasteiger partial charge in [0.1, 0.15) is 0 Å². The lowest BCUT2D eigenvalue weighted by atomic mass is 9.91. The second-order valence-corrected chi connectivity index (χ2v) is 6.93. The third-order valence-electron chi connectivity index (χ3n) is 4.63. The van der Waals surface area contributed by atoms with Gasteiger partial charge in [0.2, 0.25) is 0 Å². The zero-order chi connectivity index (χ0) is 19.0. The van der Waals surface area contributed by atoms with Crippen molar-refractivity contribution >= 4 is 17.4 Å². The molecule has 0 spiro atoms. The quantitative estimate of drug-likeness (QED) is 0.910. The molecule has 0 bridgehead atoms. The Morgan fingerprint density at radius 3 is 2.38 bits per heavy atom. The molecule has 1 aliphatic rings. The molecule has 0 aliphatic carbocycles. The molecule has 3 rings (SSSR count). The first-order valence-electron chi connectivity index (χ1n) is 8.61. The summed E-state index contributed by atoms with van der Waals surface area (Å²) in [6.07, 6.45) is 3.24. The number of aliphatic hydroxyl groups is 1. The van der Waals surface area contributed by atoms with Crippen molar-refractivity contribution in [2.75, 3.05) is 4.90 Å². The number of amides is 1. The molecular weight excluding hydrogens is 328 g/mol. The van der Waals surface area contributed by atoms with Crippen LogP contribution in [-0.4, -0.2) is 21.8 Å². The Balaban J connectivity index is 2.21. The minimum Gasteiger partial charge on any atom is -0.503 e. The molecule has 0 saturated heterocycles. The average molecular weight is 350 g/mol. The Morgan fingerprint density at radius 2 is 1.81 bits per heavy atom. The van der Waals surface area contributed by atoms with Crippen molar-refractivity contribution in [1.29, 1.82) is 0 Å². The largest absolute Gasteiger partial charge is 0.503 e. The topological polar surface area (TPSA) is 70.5 Å². The number of aromatic nitrogens is 1. The number of aliphatic hydroxyl groups excluding tert-OH is 1. The van der Waals surface area contributed by atoms with Gasteiger partial charge in [-0.15, -0.1) is 0 Å². The number of carbonyl (C=O) groups is 2. The van der Waals surface area contributed by atoms with Gasteiger partial charge in [-0.2, -0.15) is 0 Å². The van der Waals surface area contributed by atoms with Crippen molar-refractivity contribution in [1.82, 2.24) is 4.98 Å². The summed E-state index contributed by atoms with van der Waals surface area (Å²) in [4.78, 5) is 31.2. The van der Waals surface area contributed by atoms with Crippen LogP contribution in [0.2, 0.25) is 0 Å². The van der Waals surface area contributed by atoms with E-state index in [1.54, 1.807) is 38.4 Å². The summed E-state index contributed by atoms with van der Waals surface area (Å²) in [5, 5.41) is 10.5. The lowest BCUT2D eigenvalue weighted by Crippen LogP contribution is -2.32. The first kappa shape index (κ1) is 17.9. The first-order valence-corrected chi connectivity index (χ1v) is 8.61. The second kappa shape index (κ2) is 6.75. The Morgan fingerprint density at radius 1 is 1.15 bits per heavy atom. The minimum atomic E-state index is -0.665. The summed E-state index contributed by atoms with van der Waals surface area (Å²) in [5.74, 6) is -1.58. The van der Waals surface area contributed by atoms with E-state index in [-0.39, 0.29) is 17.3 Å². The summed E-state index contributed by atoms with van der Waals surface area (Å²) >= 11 is 0. The number of hydrogen-bond donors (Lipinski definition) is 1. The molecule has 1 N–H and O–H groups in total. The van der Waals surface area contributed by atoms with E-state index in [9.17, 15) is 14.7 Å². The summed E-state index contributed by atoms with van der Waals surface area (Å²) in [6.45, 7) is 7.41. The molecule has 1 aromatic carbocycles. The van der Waals surface area contributed by atoms with E-state index in [0.717, 1.165) is 16.7 Å². The van der Waals surface area contributed by atoms with Crippen molar-refractivity contribution < 1.29 is 14.7 Å². The first-order chi connectivity index (χ1) is 12.3. The minimum absolute atomic E-state index is 0.149. The predicted molar refractivity (Wildman–Crippen MR) is 99.9 cm³/mol. The van der Waals surface area contributed by atoms with Crippen LogP contribution in [0.25, 0.3) is 0 Å². The van der Waals surface area contributed by atoms with Crippen LogP contribution in [0.15, 0.2) is 54.1 Å². The average Bonchev–Trinajstić information content (AvgIpc) is 2.87. The molecule has 1 unspecified atom stereocenters. The highest BCUT2D eigenvalue weighted by Gasteiger charge is 2.45. The van der Waals surface area contributed by atoms with Crippen molar-refractivity contribution in [3.05, 3.63) is 70.7 Å². The molecule has 134 valence electrons. The van der Waals surface area contributed by atoms with Crippen molar-refractivity contribution in [3.8, 4) is 0 Å². The monoisotopic (exact) mass is 350 g/mol. The third kappa shape index (κ3) is 2.90. The highest BCUT2D eigenvalue weighted by molar-refractivity contribution is 6.17. The van der Waals surface area contributed by atoms with E-state index in [4.69, 9.17) is 0 Å². The molecule has 5 nitrogen and oxygen atoms in total. The van der Waals surface area contributed by atoms with Gasteiger partial charge >= 0.3 is 0 Å². The predicted octanol–water partition coefficient (Wildman–Crippen LogP) is 3.82. The number of anilines is 1. The molecule has 5 heteroatoms. The van der Waals surface area contributed by atoms with Crippen LogP contribution in [0.3, 0.4) is 0 Å². The summed E-state index contributed by atoms with van der Waals surface area (Å²) in [5.41, 5.74) is 3.55. The highest BCUT2D eigenvalue weighted by Crippen LogP contribution is 2.42. The zero-order valence-corrected chi connectivity index (χ0v) is 15.4. The van der Waals surface area contributed by atoms with Gasteiger partial charge in [0.25, 0.3) is 5.91 Å². The number of aryl methyl sites for hydroxylation is 2. The molecular formula is C21H22N2O3. The fourth-order valence-electron chi connectivity index (χ4n) is 3.35. The van der Waals surface area contributed by atoms with Crippen LogP contribution in [-0.2, 0) is 9.59 Å². The SMILES string of the molecule is Cc1ccc(N2C(=O)C(O)=C(C(=O)C(C)C)C2c2ccncc2)c(C)c1. The van der Waals surface area contributed by atoms with Gasteiger partial charge in [-0.3, -0.25) is 19.5 Å². The van der Waals surface area contributed by atoms with Gasteiger partial charge in [-0.1, -0.05) is 31.5 Å². The van der Waals surface area contributed by atoms with Crippen LogP contribution >= 0.6 is 0 Å². The smallest absolute Gasteiger partial charge is 0.294 e. The molecule has 1 aromatic heterocycles. The number of hydrogen-bond acceptors (Lipinski definition) is 4. The third-order valence-corrected chi connectivity index (χ3v) is 4.63. The summed E-state index contributed by atoms with van der Waals surface area (Å²) < 4.78 is 0. The second-order valence-electron chi connectivity index (χ2n) is 6.93. The van der Waals surface area contributed by atoms with Crippen LogP contribution < -0.4 is 4.90 Å². The van der Waals surface area contributed by atoms with Crippen LogP contribution in [0.1, 0.15) is 36.6 Å². The molecule has 26 heavy (non-hydrogen) atoms. The van der Waals surface area contributed by atoms with Gasteiger partial charge in [0.15, 0.2) is 11.5 Å². The molecule has 2 aromatic rings. The van der Waals surface area contributed by atoms with Crippen molar-refractivity contribution in [3.63, 3.8) is 0 Å². The fourth-order valence-corrected chi connectivity index (χ4v) is 3.35. The van der Waals surface area contributed by atoms with Crippen molar-refractivity contribution in [2.45, 2.75) is 33.7 Å². The molecule has 1 atom stereocenters. The standard InChI is InChI=1S/C21H22N2O3/c1-12(2)19(24)17-18(15-7-9-22-10-8-15)23(21(26)20(17)25)16-6-5-13(3)11-14(16)4/h5-12,18,25H,1-4H3. The Bertz CT molecular complexity index is 901. The lowest BCUT2D eigenvalue weighted by Gasteiger charge is -2.28. The van der Waals surface area contributed by atoms with Gasteiger partial charge in [-0.25, -0.2) is 0 Å². The van der Waals surface area contributed by atoms with Gasteiger partial charge in [-0.05, 0) is 43.2 Å². The number of nitrogens with zero attached hydrogens (tertiary/aromatic N) is 2. The number of ketones is 1. The van der Waals surface area contributed by atoms with Crippen LogP contribution in [0, 0.1) is 19.8 Å². The van der Waals surface area contributed by atoms with E-state index in [1.165, 1.54) is 4.90 Å². The molecule has 0 fully saturated rings. The number of Topliss-reactive ketones (excluding diaryl/α,β-unsaturated/α-hetero) is 1. The maximum Gasteiger partial charge on any atom is 0.294 e. The molecule has 1 aliphatic heterocycles. The van der Waals surface area contributed by atoms with E-state index in [2.05, 4.69) is 4.98 Å². The Kier molecular flexibility index (Phi) is 4.64. The number of pyridine rings is 1. The van der Waals surface area contributed by atoms with E-state index in [0.29, 0.717) is 5.69 Å². The maximum atomic E-state index is 12.9. The number of benzene rings is 1. The van der Waals surface area contributed by atoms with E-state index >= 15 is 0 Å². The Labute approximate surface area is 153 Å². The number of rotatable bonds is 4. The lowest BCUT2D eigenvalue weighted by molar-refractivity contribution is -0.119. The fraction of sp³-hybridized carbons (Fsp3) is 0.286. The van der Waals surface area contributed by atoms with Gasteiger partial charge in [0, 0.05) is 24.0 Å². The molecule has 2 heterocycles. The zero-order valence-electron chi connectivity index (χ0n) is 15.4. The van der Waals surface area contributed by atoms with E-state index in [1.807, 2.05) is 32.0 Å².